The van der Waals surface area contributed by atoms with Gasteiger partial charge in [0.15, 0.2) is 6.73 Å². The number of fused-ring (bicyclic) bond motifs is 2. The molecule has 5 N–H and O–H groups in total. The largest absolute Gasteiger partial charge is 0.508 e. The number of thiophene rings is 2. The molecule has 0 saturated carbocycles. The van der Waals surface area contributed by atoms with Gasteiger partial charge in [-0.2, -0.15) is 0 Å². The molecule has 14 heteroatoms. The number of hydrogen-bond donors (Lipinski definition) is 5. The fraction of sp³-hybridized carbons (Fsp3) is 0.571. The molecule has 0 spiro atoms. The fourth-order valence-corrected chi connectivity index (χ4v) is 10.6. The number of amides is 1. The van der Waals surface area contributed by atoms with Gasteiger partial charge in [-0.05, 0) is 141 Å². The van der Waals surface area contributed by atoms with E-state index in [1.807, 2.05) is 53.9 Å². The maximum absolute atomic E-state index is 13.0. The maximum atomic E-state index is 13.0. The molecule has 7 rings (SSSR count). The van der Waals surface area contributed by atoms with E-state index < -0.39 is 43.4 Å². The Hall–Kier alpha value is -3.57. The third-order valence-electron chi connectivity index (χ3n) is 12.5. The minimum absolute atomic E-state index is 0.0627. The molecule has 4 aromatic rings. The van der Waals surface area contributed by atoms with E-state index >= 15 is 0 Å². The number of nitrogens with zero attached hydrogens (tertiary/aromatic N) is 3. The molecule has 3 aliphatic rings. The summed E-state index contributed by atoms with van der Waals surface area (Å²) in [6.45, 7) is 10.5. The zero-order chi connectivity index (χ0) is 44.7. The van der Waals surface area contributed by atoms with Gasteiger partial charge >= 0.3 is 6.09 Å². The number of carbonyl (C=O) groups excluding carboxylic acids is 1. The highest BCUT2D eigenvalue weighted by Gasteiger charge is 2.45. The van der Waals surface area contributed by atoms with Crippen LogP contribution in [0.5, 0.6) is 11.5 Å². The first-order chi connectivity index (χ1) is 30.6. The van der Waals surface area contributed by atoms with Gasteiger partial charge in [0.1, 0.15) is 35.9 Å². The topological polar surface area (TPSA) is 156 Å². The summed E-state index contributed by atoms with van der Waals surface area (Å²) in [4.78, 5) is 22.5. The van der Waals surface area contributed by atoms with E-state index in [2.05, 4.69) is 70.8 Å². The molecule has 12 nitrogen and oxygen atoms in total. The van der Waals surface area contributed by atoms with Crippen molar-refractivity contribution in [3.63, 3.8) is 0 Å². The quantitative estimate of drug-likeness (QED) is 0.0631. The van der Waals surface area contributed by atoms with Gasteiger partial charge in [0.2, 0.25) is 6.29 Å². The molecule has 0 bridgehead atoms. The van der Waals surface area contributed by atoms with Crippen molar-refractivity contribution in [2.75, 3.05) is 46.1 Å². The van der Waals surface area contributed by atoms with Crippen LogP contribution in [0.15, 0.2) is 71.4 Å². The van der Waals surface area contributed by atoms with Crippen LogP contribution in [-0.2, 0) is 48.0 Å². The molecule has 2 aromatic carbocycles. The summed E-state index contributed by atoms with van der Waals surface area (Å²) < 4.78 is 16.8. The molecule has 1 amide bonds. The van der Waals surface area contributed by atoms with Crippen LogP contribution in [0.25, 0.3) is 0 Å². The first-order valence-corrected chi connectivity index (χ1v) is 24.7. The van der Waals surface area contributed by atoms with Crippen LogP contribution in [-0.4, -0.2) is 135 Å². The highest BCUT2D eigenvalue weighted by Crippen LogP contribution is 2.33. The molecule has 3 heterocycles. The molecule has 7 atom stereocenters. The van der Waals surface area contributed by atoms with Crippen LogP contribution in [0.1, 0.15) is 84.9 Å². The zero-order valence-electron chi connectivity index (χ0n) is 37.2. The minimum Gasteiger partial charge on any atom is -0.508 e. The molecule has 0 unspecified atom stereocenters. The Morgan fingerprint density at radius 2 is 1.29 bits per heavy atom. The van der Waals surface area contributed by atoms with E-state index in [0.717, 1.165) is 88.7 Å². The van der Waals surface area contributed by atoms with Gasteiger partial charge in [-0.3, -0.25) is 14.7 Å². The Balaban J connectivity index is 0.000000251. The molecule has 2 aromatic heterocycles. The summed E-state index contributed by atoms with van der Waals surface area (Å²) in [5, 5.41) is 54.0. The van der Waals surface area contributed by atoms with E-state index in [1.54, 1.807) is 0 Å². The molecule has 346 valence electrons. The van der Waals surface area contributed by atoms with Gasteiger partial charge in [-0.15, -0.1) is 22.7 Å². The van der Waals surface area contributed by atoms with Crippen molar-refractivity contribution in [1.29, 1.82) is 0 Å². The maximum Gasteiger partial charge on any atom is 0.414 e. The van der Waals surface area contributed by atoms with Crippen molar-refractivity contribution in [3.05, 3.63) is 103 Å². The van der Waals surface area contributed by atoms with Gasteiger partial charge in [-0.1, -0.05) is 57.2 Å². The van der Waals surface area contributed by atoms with Gasteiger partial charge in [0, 0.05) is 41.5 Å². The number of phenolic OH excluding ortho intramolecular Hbond substituents is 1. The first kappa shape index (κ1) is 48.9. The molecule has 0 radical (unpaired) electrons. The van der Waals surface area contributed by atoms with E-state index in [0.29, 0.717) is 30.8 Å². The highest BCUT2D eigenvalue weighted by atomic mass is 32.1. The smallest absolute Gasteiger partial charge is 0.414 e. The van der Waals surface area contributed by atoms with Gasteiger partial charge < -0.3 is 39.7 Å². The lowest BCUT2D eigenvalue weighted by molar-refractivity contribution is -0.286. The zero-order valence-corrected chi connectivity index (χ0v) is 38.9. The van der Waals surface area contributed by atoms with Crippen molar-refractivity contribution in [2.24, 2.45) is 0 Å². The normalized spacial score (nSPS) is 23.1. The Morgan fingerprint density at radius 1 is 0.714 bits per heavy atom. The van der Waals surface area contributed by atoms with Crippen molar-refractivity contribution < 1.29 is 44.5 Å². The third kappa shape index (κ3) is 13.3. The van der Waals surface area contributed by atoms with Gasteiger partial charge in [-0.25, -0.2) is 4.79 Å². The molecular weight excluding hydrogens is 839 g/mol. The molecule has 63 heavy (non-hydrogen) atoms. The molecule has 1 saturated heterocycles. The van der Waals surface area contributed by atoms with Crippen LogP contribution in [0.2, 0.25) is 0 Å². The van der Waals surface area contributed by atoms with Crippen LogP contribution in [0.3, 0.4) is 0 Å². The SMILES string of the molecule is CCCN(CCc1cccs1)[C@H]1CCc2c(O)cccc2C1.CCCN(COc1cccc2c1CC[C@H](N(CCC)CCc1cccs1)C2)C(=O)O[C@@H]1O[C@H](CO)[C@@H](O)[C@H](O)[C@H]1O. The van der Waals surface area contributed by atoms with Gasteiger partial charge in [0.05, 0.1) is 6.61 Å². The van der Waals surface area contributed by atoms with Crippen LogP contribution in [0, 0.1) is 0 Å². The number of benzene rings is 2. The summed E-state index contributed by atoms with van der Waals surface area (Å²) >= 11 is 3.67. The molecule has 2 aliphatic carbocycles. The summed E-state index contributed by atoms with van der Waals surface area (Å²) in [6, 6.07) is 21.8. The second-order valence-corrected chi connectivity index (χ2v) is 19.0. The van der Waals surface area contributed by atoms with Crippen LogP contribution in [0.4, 0.5) is 4.79 Å². The number of rotatable bonds is 19. The second kappa shape index (κ2) is 24.6. The number of hydrogen-bond acceptors (Lipinski definition) is 13. The van der Waals surface area contributed by atoms with E-state index in [4.69, 9.17) is 14.2 Å². The number of phenols is 1. The lowest BCUT2D eigenvalue weighted by atomic mass is 9.86. The summed E-state index contributed by atoms with van der Waals surface area (Å²) in [7, 11) is 0. The highest BCUT2D eigenvalue weighted by molar-refractivity contribution is 7.10. The van der Waals surface area contributed by atoms with Crippen LogP contribution < -0.4 is 4.74 Å². The standard InChI is InChI=1S/C30H44N2O8S.C19H25NOS/c1-3-13-31(15-12-22-8-6-16-41-22)21-10-11-23-20(17-21)7-5-9-24(23)38-19-32(14-4-2)30(37)40-29-28(36)27(35)26(34)25(18-33)39-29;1-2-11-20(12-10-17-6-4-13-22-17)16-8-9-18-15(14-16)5-3-7-19(18)21/h5-9,16,21,25-29,33-36H,3-4,10-15,17-19H2,1-2H3;3-7,13,16,21H,2,8-12,14H2,1H3/t21-,25+,26+,27-,28+,29-;16-/m00/s1. The number of aliphatic hydroxyl groups is 4. The predicted molar refractivity (Wildman–Crippen MR) is 249 cm³/mol. The monoisotopic (exact) mass is 907 g/mol. The number of ether oxygens (including phenoxy) is 3. The fourth-order valence-electron chi connectivity index (χ4n) is 9.19. The lowest BCUT2D eigenvalue weighted by Crippen LogP contribution is -2.60. The van der Waals surface area contributed by atoms with E-state index in [9.17, 15) is 30.3 Å². The van der Waals surface area contributed by atoms with Gasteiger partial charge in [0.25, 0.3) is 0 Å². The number of aromatic hydroxyl groups is 1. The average molecular weight is 908 g/mol. The second-order valence-electron chi connectivity index (χ2n) is 17.0. The van der Waals surface area contributed by atoms with Crippen molar-refractivity contribution in [1.82, 2.24) is 14.7 Å². The Labute approximate surface area is 381 Å². The summed E-state index contributed by atoms with van der Waals surface area (Å²) in [6.07, 6.45) is 3.00. The summed E-state index contributed by atoms with van der Waals surface area (Å²) in [5.41, 5.74) is 4.95. The Kier molecular flexibility index (Phi) is 19.1. The van der Waals surface area contributed by atoms with Crippen molar-refractivity contribution >= 4 is 28.8 Å². The van der Waals surface area contributed by atoms with Crippen molar-refractivity contribution in [3.8, 4) is 11.5 Å². The van der Waals surface area contributed by atoms with Crippen molar-refractivity contribution in [2.45, 2.75) is 134 Å². The molecular formula is C49H69N3O9S2. The third-order valence-corrected chi connectivity index (χ3v) is 14.4. The van der Waals surface area contributed by atoms with E-state index in [-0.39, 0.29) is 6.73 Å². The first-order valence-electron chi connectivity index (χ1n) is 23.0. The Bertz CT molecular complexity index is 1950. The molecule has 1 aliphatic heterocycles. The average Bonchev–Trinajstić information content (AvgIpc) is 4.03. The molecule has 1 fully saturated rings. The number of carbonyl (C=O) groups is 1. The number of aliphatic hydroxyl groups excluding tert-OH is 4. The van der Waals surface area contributed by atoms with E-state index in [1.165, 1.54) is 44.3 Å². The van der Waals surface area contributed by atoms with Crippen LogP contribution >= 0.6 is 22.7 Å². The minimum atomic E-state index is -1.66. The lowest BCUT2D eigenvalue weighted by Gasteiger charge is -2.39. The summed E-state index contributed by atoms with van der Waals surface area (Å²) in [5.74, 6) is 1.22. The Morgan fingerprint density at radius 3 is 1.84 bits per heavy atom. The predicted octanol–water partition coefficient (Wildman–Crippen LogP) is 6.81.